The molecule has 0 amide bonds. The minimum absolute atomic E-state index is 0.975. The van der Waals surface area contributed by atoms with Crippen molar-refractivity contribution < 1.29 is 4.74 Å². The van der Waals surface area contributed by atoms with Gasteiger partial charge in [-0.2, -0.15) is 35.3 Å². The molecule has 0 N–H and O–H groups in total. The normalized spacial score (nSPS) is 24.0. The van der Waals surface area contributed by atoms with Gasteiger partial charge < -0.3 is 4.74 Å². The Morgan fingerprint density at radius 1 is 0.500 bits per heavy atom. The molecular weight excluding hydrogens is 256 g/mol. The van der Waals surface area contributed by atoms with Gasteiger partial charge in [0.1, 0.15) is 0 Å². The molecule has 1 nitrogen and oxygen atoms in total. The van der Waals surface area contributed by atoms with E-state index in [2.05, 4.69) is 35.3 Å². The van der Waals surface area contributed by atoms with Crippen molar-refractivity contribution in [3.8, 4) is 0 Å². The van der Waals surface area contributed by atoms with Gasteiger partial charge in [0.25, 0.3) is 0 Å². The van der Waals surface area contributed by atoms with E-state index >= 15 is 0 Å². The maximum atomic E-state index is 5.61. The Balaban J connectivity index is 2.00. The first-order valence-corrected chi connectivity index (χ1v) is 9.77. The highest BCUT2D eigenvalue weighted by Crippen LogP contribution is 2.13. The number of ether oxygens (including phenoxy) is 1. The molecule has 1 aliphatic heterocycles. The first kappa shape index (κ1) is 15.1. The van der Waals surface area contributed by atoms with Gasteiger partial charge in [0.15, 0.2) is 0 Å². The van der Waals surface area contributed by atoms with Crippen molar-refractivity contribution >= 4 is 35.3 Å². The van der Waals surface area contributed by atoms with Crippen LogP contribution >= 0.6 is 35.3 Å². The van der Waals surface area contributed by atoms with Gasteiger partial charge in [-0.05, 0) is 37.2 Å². The third kappa shape index (κ3) is 10.2. The van der Waals surface area contributed by atoms with E-state index in [4.69, 9.17) is 4.74 Å². The van der Waals surface area contributed by atoms with Crippen LogP contribution in [-0.4, -0.2) is 47.7 Å². The zero-order valence-electron chi connectivity index (χ0n) is 10.1. The molecule has 1 saturated heterocycles. The summed E-state index contributed by atoms with van der Waals surface area (Å²) < 4.78 is 5.61. The molecule has 4 heteroatoms. The van der Waals surface area contributed by atoms with Gasteiger partial charge in [0.05, 0.1) is 0 Å². The molecule has 0 aromatic heterocycles. The molecule has 1 aliphatic rings. The standard InChI is InChI=1S/C12H24OS3/c1-3-7-14-9-11-16-12-10-15-8-4-2-6-13-5-1/h1-12H2. The van der Waals surface area contributed by atoms with Gasteiger partial charge in [0, 0.05) is 36.2 Å². The van der Waals surface area contributed by atoms with Gasteiger partial charge in [-0.25, -0.2) is 0 Å². The second kappa shape index (κ2) is 12.5. The zero-order valence-corrected chi connectivity index (χ0v) is 12.6. The predicted octanol–water partition coefficient (Wildman–Crippen LogP) is 3.78. The van der Waals surface area contributed by atoms with E-state index in [-0.39, 0.29) is 0 Å². The first-order chi connectivity index (χ1) is 8.00. The first-order valence-electron chi connectivity index (χ1n) is 6.31. The van der Waals surface area contributed by atoms with Crippen LogP contribution in [0, 0.1) is 0 Å². The highest BCUT2D eigenvalue weighted by Gasteiger charge is 1.96. The molecule has 0 unspecified atom stereocenters. The molecule has 96 valence electrons. The molecule has 1 rings (SSSR count). The van der Waals surface area contributed by atoms with Crippen LogP contribution in [0.25, 0.3) is 0 Å². The van der Waals surface area contributed by atoms with Crippen molar-refractivity contribution in [2.45, 2.75) is 25.7 Å². The fraction of sp³-hybridized carbons (Fsp3) is 1.00. The maximum absolute atomic E-state index is 5.61. The van der Waals surface area contributed by atoms with E-state index in [9.17, 15) is 0 Å². The van der Waals surface area contributed by atoms with E-state index in [1.165, 1.54) is 60.2 Å². The van der Waals surface area contributed by atoms with Gasteiger partial charge >= 0.3 is 0 Å². The van der Waals surface area contributed by atoms with Crippen LogP contribution in [0.15, 0.2) is 0 Å². The van der Waals surface area contributed by atoms with Crippen molar-refractivity contribution in [2.75, 3.05) is 47.7 Å². The lowest BCUT2D eigenvalue weighted by Crippen LogP contribution is -1.99. The summed E-state index contributed by atoms with van der Waals surface area (Å²) in [5, 5.41) is 0. The molecular formula is C12H24OS3. The van der Waals surface area contributed by atoms with Gasteiger partial charge in [-0.15, -0.1) is 0 Å². The Labute approximate surface area is 113 Å². The molecule has 0 aromatic carbocycles. The van der Waals surface area contributed by atoms with Crippen LogP contribution < -0.4 is 0 Å². The maximum Gasteiger partial charge on any atom is 0.0466 e. The molecule has 1 heterocycles. The minimum atomic E-state index is 0.975. The third-order valence-corrected chi connectivity index (χ3v) is 6.04. The van der Waals surface area contributed by atoms with E-state index in [0.717, 1.165) is 13.2 Å². The lowest BCUT2D eigenvalue weighted by Gasteiger charge is -2.06. The smallest absolute Gasteiger partial charge is 0.0466 e. The quantitative estimate of drug-likeness (QED) is 0.667. The van der Waals surface area contributed by atoms with Crippen LogP contribution in [0.5, 0.6) is 0 Å². The molecule has 1 fully saturated rings. The summed E-state index contributed by atoms with van der Waals surface area (Å²) in [5.41, 5.74) is 0. The van der Waals surface area contributed by atoms with Crippen molar-refractivity contribution in [3.05, 3.63) is 0 Å². The van der Waals surface area contributed by atoms with Gasteiger partial charge in [-0.3, -0.25) is 0 Å². The van der Waals surface area contributed by atoms with Crippen molar-refractivity contribution in [3.63, 3.8) is 0 Å². The molecule has 0 bridgehead atoms. The summed E-state index contributed by atoms with van der Waals surface area (Å²) in [6, 6.07) is 0. The second-order valence-electron chi connectivity index (χ2n) is 3.86. The third-order valence-electron chi connectivity index (χ3n) is 2.40. The SMILES string of the molecule is C1CCSCCSCCSCCCCOC1. The lowest BCUT2D eigenvalue weighted by molar-refractivity contribution is 0.129. The summed E-state index contributed by atoms with van der Waals surface area (Å²) >= 11 is 6.33. The topological polar surface area (TPSA) is 9.23 Å². The fourth-order valence-electron chi connectivity index (χ4n) is 1.46. The molecule has 16 heavy (non-hydrogen) atoms. The van der Waals surface area contributed by atoms with Crippen LogP contribution in [0.4, 0.5) is 0 Å². The number of thioether (sulfide) groups is 3. The fourth-order valence-corrected chi connectivity index (χ4v) is 4.77. The van der Waals surface area contributed by atoms with E-state index in [1.807, 2.05) is 0 Å². The summed E-state index contributed by atoms with van der Waals surface area (Å²) in [5.74, 6) is 7.97. The highest BCUT2D eigenvalue weighted by atomic mass is 32.2. The highest BCUT2D eigenvalue weighted by molar-refractivity contribution is 8.04. The average Bonchev–Trinajstić information content (AvgIpc) is 2.29. The van der Waals surface area contributed by atoms with E-state index < -0.39 is 0 Å². The van der Waals surface area contributed by atoms with Gasteiger partial charge in [-0.1, -0.05) is 0 Å². The summed E-state index contributed by atoms with van der Waals surface area (Å²) in [7, 11) is 0. The largest absolute Gasteiger partial charge is 0.381 e. The molecule has 0 saturated carbocycles. The van der Waals surface area contributed by atoms with E-state index in [1.54, 1.807) is 0 Å². The van der Waals surface area contributed by atoms with Crippen LogP contribution in [-0.2, 0) is 4.74 Å². The Morgan fingerprint density at radius 2 is 0.938 bits per heavy atom. The molecule has 0 atom stereocenters. The summed E-state index contributed by atoms with van der Waals surface area (Å²) in [6.45, 7) is 1.95. The Morgan fingerprint density at radius 3 is 1.44 bits per heavy atom. The lowest BCUT2D eigenvalue weighted by atomic mass is 10.3. The number of hydrogen-bond donors (Lipinski definition) is 0. The average molecular weight is 281 g/mol. The van der Waals surface area contributed by atoms with Crippen LogP contribution in [0.2, 0.25) is 0 Å². The van der Waals surface area contributed by atoms with E-state index in [0.29, 0.717) is 0 Å². The summed E-state index contributed by atoms with van der Waals surface area (Å²) in [4.78, 5) is 0. The monoisotopic (exact) mass is 280 g/mol. The summed E-state index contributed by atoms with van der Waals surface area (Å²) in [6.07, 6.45) is 5.14. The minimum Gasteiger partial charge on any atom is -0.381 e. The molecule has 0 aromatic rings. The number of rotatable bonds is 0. The van der Waals surface area contributed by atoms with Crippen LogP contribution in [0.1, 0.15) is 25.7 Å². The Hall–Kier alpha value is 1.01. The predicted molar refractivity (Wildman–Crippen MR) is 81.3 cm³/mol. The number of hydrogen-bond acceptors (Lipinski definition) is 4. The van der Waals surface area contributed by atoms with Crippen molar-refractivity contribution in [1.29, 1.82) is 0 Å². The van der Waals surface area contributed by atoms with Gasteiger partial charge in [0.2, 0.25) is 0 Å². The van der Waals surface area contributed by atoms with Crippen molar-refractivity contribution in [2.24, 2.45) is 0 Å². The van der Waals surface area contributed by atoms with Crippen molar-refractivity contribution in [1.82, 2.24) is 0 Å². The molecule has 0 aliphatic carbocycles. The van der Waals surface area contributed by atoms with Crippen LogP contribution in [0.3, 0.4) is 0 Å². The zero-order chi connectivity index (χ0) is 11.3. The Kier molecular flexibility index (Phi) is 11.7. The molecule has 0 spiro atoms. The second-order valence-corrected chi connectivity index (χ2v) is 7.54. The Bertz CT molecular complexity index is 80.2. The molecule has 0 radical (unpaired) electrons.